The van der Waals surface area contributed by atoms with Gasteiger partial charge in [0, 0.05) is 75.6 Å². The molecule has 15 rings (SSSR count). The molecule has 15 nitrogen and oxygen atoms in total. The second kappa shape index (κ2) is 45.9. The van der Waals surface area contributed by atoms with Gasteiger partial charge in [-0.25, -0.2) is 16.8 Å². The van der Waals surface area contributed by atoms with Crippen molar-refractivity contribution in [1.82, 2.24) is 0 Å². The predicted molar refractivity (Wildman–Crippen MR) is 466 cm³/mol. The highest BCUT2D eigenvalue weighted by Gasteiger charge is 2.18. The molecule has 0 radical (unpaired) electrons. The van der Waals surface area contributed by atoms with E-state index < -0.39 is 20.2 Å². The number of anilines is 2. The topological polar surface area (TPSA) is 228 Å². The molecule has 0 aliphatic rings. The van der Waals surface area contributed by atoms with Crippen LogP contribution in [0, 0.1) is 20.8 Å². The van der Waals surface area contributed by atoms with E-state index in [2.05, 4.69) is 141 Å². The van der Waals surface area contributed by atoms with Crippen molar-refractivity contribution < 1.29 is 64.7 Å². The minimum absolute atomic E-state index is 0.0851. The molecule has 15 aromatic rings. The van der Waals surface area contributed by atoms with Crippen molar-refractivity contribution >= 4 is 182 Å². The molecule has 0 amide bonds. The number of aryl methyl sites for hydroxylation is 3. The van der Waals surface area contributed by atoms with E-state index in [9.17, 15) is 36.5 Å². The Bertz CT molecular complexity index is 5620. The Kier molecular flexibility index (Phi) is 36.4. The molecule has 0 aromatic heterocycles. The van der Waals surface area contributed by atoms with Crippen LogP contribution in [0.15, 0.2) is 370 Å². The van der Waals surface area contributed by atoms with Crippen molar-refractivity contribution in [2.45, 2.75) is 69.7 Å². The van der Waals surface area contributed by atoms with Gasteiger partial charge in [0.05, 0.1) is 48.1 Å². The average Bonchev–Trinajstić information content (AvgIpc) is 0.748. The number of rotatable bonds is 16. The zero-order chi connectivity index (χ0) is 80.4. The molecule has 1 N–H and O–H groups in total. The zero-order valence-corrected chi connectivity index (χ0v) is 70.0. The number of alkyl halides is 1. The number of para-hydroxylation sites is 1. The van der Waals surface area contributed by atoms with Crippen molar-refractivity contribution in [3.63, 3.8) is 0 Å². The Morgan fingerprint density at radius 3 is 1.46 bits per heavy atom. The number of nitrogens with one attached hydrogen (secondary N) is 1. The monoisotopic (exact) mass is 1690 g/mol. The molecule has 0 bridgehead atoms. The quantitative estimate of drug-likeness (QED) is 0.0134. The van der Waals surface area contributed by atoms with Gasteiger partial charge in [0.25, 0.3) is 0 Å². The largest absolute Gasteiger partial charge is 0.744 e. The molecule has 0 spiro atoms. The first-order chi connectivity index (χ1) is 54.0. The van der Waals surface area contributed by atoms with Crippen LogP contribution in [0.4, 0.5) is 11.4 Å². The van der Waals surface area contributed by atoms with Gasteiger partial charge >= 0.3 is 0 Å². The predicted octanol–water partition coefficient (Wildman–Crippen LogP) is 19.3. The van der Waals surface area contributed by atoms with Gasteiger partial charge in [-0.15, -0.1) is 12.6 Å². The molecule has 15 aromatic carbocycles. The summed E-state index contributed by atoms with van der Waals surface area (Å²) in [6, 6.07) is 104. The summed E-state index contributed by atoms with van der Waals surface area (Å²) in [4.78, 5) is 8.50. The second-order valence-corrected chi connectivity index (χ2v) is 33.8. The molecule has 1 atom stereocenters. The SMILES string of the molecule is COc1c2ccccc2c(OC)c2cc(S(=O)(=O)[O-])ccc12.C[S+](CCl)c1ccccc1.Cc1cc(C)c(S(=O)(=O)[O-])c(C)c1.Sc1ccc([SH+]c2ccccc2)cc1.[O-]OOSc1ccc2cccc(Nc3ccccc3)c2c1.[O-]OOSc1cccc2cc3ccccc3cc12.[SH2+]c1ccccc1.[SH2+]c1ccccc1. The van der Waals surface area contributed by atoms with E-state index in [0.29, 0.717) is 33.4 Å². The number of hydrogen-bond acceptors (Lipinski definition) is 18. The first kappa shape index (κ1) is 88.9. The van der Waals surface area contributed by atoms with Crippen LogP contribution in [0.3, 0.4) is 0 Å². The van der Waals surface area contributed by atoms with Crippen LogP contribution < -0.4 is 25.3 Å². The number of ether oxygens (including phenoxy) is 2. The van der Waals surface area contributed by atoms with Gasteiger partial charge in [-0.1, -0.05) is 199 Å². The minimum atomic E-state index is -4.54. The number of fused-ring (bicyclic) bond motifs is 5. The maximum absolute atomic E-state index is 11.3. The summed E-state index contributed by atoms with van der Waals surface area (Å²) in [7, 11) is -5.59. The van der Waals surface area contributed by atoms with Gasteiger partial charge in [0.1, 0.15) is 47.8 Å². The zero-order valence-electron chi connectivity index (χ0n) is 61.3. The fourth-order valence-corrected chi connectivity index (χ4v) is 16.1. The van der Waals surface area contributed by atoms with Crippen LogP contribution in [0.25, 0.3) is 53.9 Å². The van der Waals surface area contributed by atoms with E-state index in [-0.39, 0.29) is 20.7 Å². The van der Waals surface area contributed by atoms with Gasteiger partial charge in [-0.3, -0.25) is 10.1 Å². The Morgan fingerprint density at radius 2 is 0.929 bits per heavy atom. The minimum Gasteiger partial charge on any atom is -0.744 e. The fourth-order valence-electron chi connectivity index (χ4n) is 11.2. The van der Waals surface area contributed by atoms with Crippen molar-refractivity contribution in [2.75, 3.05) is 31.0 Å². The number of benzene rings is 15. The molecule has 112 heavy (non-hydrogen) atoms. The van der Waals surface area contributed by atoms with Crippen LogP contribution in [-0.4, -0.2) is 51.6 Å². The van der Waals surface area contributed by atoms with Crippen LogP contribution in [0.5, 0.6) is 11.5 Å². The Hall–Kier alpha value is -8.68. The van der Waals surface area contributed by atoms with Gasteiger partial charge < -0.3 is 34.4 Å². The summed E-state index contributed by atoms with van der Waals surface area (Å²) in [6.45, 7) is 5.12. The van der Waals surface area contributed by atoms with Crippen LogP contribution in [0.2, 0.25) is 0 Å². The molecule has 0 aliphatic carbocycles. The van der Waals surface area contributed by atoms with Crippen LogP contribution >= 0.6 is 48.3 Å². The second-order valence-electron chi connectivity index (χ2n) is 24.0. The number of halogens is 1. The lowest BCUT2D eigenvalue weighted by Gasteiger charge is -2.16. The third-order valence-corrected chi connectivity index (χ3v) is 23.8. The summed E-state index contributed by atoms with van der Waals surface area (Å²) in [5.74, 6) is 1.12. The van der Waals surface area contributed by atoms with Crippen molar-refractivity contribution in [2.24, 2.45) is 0 Å². The Morgan fingerprint density at radius 1 is 0.455 bits per heavy atom. The normalized spacial score (nSPS) is 11.0. The third-order valence-electron chi connectivity index (χ3n) is 16.1. The summed E-state index contributed by atoms with van der Waals surface area (Å²) in [5, 5.41) is 40.2. The van der Waals surface area contributed by atoms with Gasteiger partial charge in [0.15, 0.2) is 19.9 Å². The highest BCUT2D eigenvalue weighted by atomic mass is 35.5. The molecule has 0 saturated heterocycles. The summed E-state index contributed by atoms with van der Waals surface area (Å²) in [5.41, 5.74) is 4.01. The van der Waals surface area contributed by atoms with E-state index in [1.165, 1.54) is 51.1 Å². The molecule has 0 saturated carbocycles. The molecular weight excluding hydrogens is 1610 g/mol. The molecule has 25 heteroatoms. The first-order valence-corrected chi connectivity index (χ1v) is 42.9. The van der Waals surface area contributed by atoms with E-state index in [0.717, 1.165) is 108 Å². The van der Waals surface area contributed by atoms with E-state index in [1.807, 2.05) is 225 Å². The lowest BCUT2D eigenvalue weighted by atomic mass is 10.0. The van der Waals surface area contributed by atoms with Crippen molar-refractivity contribution in [1.29, 1.82) is 0 Å². The summed E-state index contributed by atoms with van der Waals surface area (Å²) >= 11 is 19.7. The molecule has 0 fully saturated rings. The molecular formula is C87H80ClNO14S9. The standard InChI is InChI=1S/C16H13NO3S.C16H14O5S.C14H10O3S.C12H10S2.C9H12O3S.C8H10ClS.2C6H6S/c18-19-20-21-14-10-9-12-5-4-8-16(15(12)11-14)17-13-6-2-1-3-7-13;1-20-15-11-5-3-4-6-12(11)16(21-2)14-9-10(22(17,18)19)7-8-13(14)15;15-16-17-18-14-7-3-6-12-8-10-4-1-2-5-11(10)9-13(12)14;13-10-6-8-12(9-7-10)14-11-4-2-1-3-5-11;1-6-4-7(2)9(8(3)5-6)13(10,11)12;1-10(7-9)8-5-3-2-4-6-8;2*7-6-4-2-1-3-5-6/h1-11,17-18H;3-9H,1-2H3,(H,17,18,19);1-9,15H;1-9,13H;4-5H,1-3H3,(H,10,11,12);2-6H,7H2,1H3;2*1-5,7H/q;;;;;+1;;/p-1. The number of thiol groups is 2. The van der Waals surface area contributed by atoms with E-state index in [4.69, 9.17) is 21.1 Å². The molecule has 578 valence electrons. The Labute approximate surface area is 690 Å². The lowest BCUT2D eigenvalue weighted by molar-refractivity contribution is -0.777. The number of methoxy groups -OCH3 is 2. The smallest absolute Gasteiger partial charge is 0.186 e. The van der Waals surface area contributed by atoms with E-state index in [1.54, 1.807) is 39.2 Å². The molecule has 1 unspecified atom stereocenters. The van der Waals surface area contributed by atoms with Crippen LogP contribution in [0.1, 0.15) is 16.7 Å². The summed E-state index contributed by atoms with van der Waals surface area (Å²) in [6.07, 6.45) is 2.16. The van der Waals surface area contributed by atoms with Gasteiger partial charge in [-0.2, -0.15) is 8.67 Å². The Balaban J connectivity index is 0.000000165. The number of hydrogen-bond donors (Lipinski definition) is 2. The highest BCUT2D eigenvalue weighted by molar-refractivity contribution is 7.97. The first-order valence-electron chi connectivity index (χ1n) is 33.9. The maximum atomic E-state index is 11.3. The van der Waals surface area contributed by atoms with Crippen molar-refractivity contribution in [3.8, 4) is 11.5 Å². The van der Waals surface area contributed by atoms with E-state index >= 15 is 0 Å². The van der Waals surface area contributed by atoms with Crippen LogP contribution in [-0.2, 0) is 86.9 Å². The van der Waals surface area contributed by atoms with Crippen molar-refractivity contribution in [3.05, 3.63) is 338 Å². The third kappa shape index (κ3) is 27.9. The van der Waals surface area contributed by atoms with Gasteiger partial charge in [-0.05, 0) is 224 Å². The molecule has 0 heterocycles. The van der Waals surface area contributed by atoms with Gasteiger partial charge in [0.2, 0.25) is 0 Å². The fraction of sp³-hybridized carbons (Fsp3) is 0.0805. The average molecular weight is 1690 g/mol. The highest BCUT2D eigenvalue weighted by Crippen LogP contribution is 2.43. The maximum Gasteiger partial charge on any atom is 0.186 e. The summed E-state index contributed by atoms with van der Waals surface area (Å²) < 4.78 is 86.0. The lowest BCUT2D eigenvalue weighted by Crippen LogP contribution is -2.04. The molecule has 0 aliphatic heterocycles.